The fraction of sp³-hybridized carbons (Fsp3) is 0.619. The zero-order chi connectivity index (χ0) is 23.4. The van der Waals surface area contributed by atoms with Gasteiger partial charge in [0.1, 0.15) is 6.67 Å². The van der Waals surface area contributed by atoms with Gasteiger partial charge in [0.15, 0.2) is 0 Å². The van der Waals surface area contributed by atoms with Gasteiger partial charge in [0.2, 0.25) is 5.91 Å². The third kappa shape index (κ3) is 5.50. The molecule has 1 aromatic rings. The quantitative estimate of drug-likeness (QED) is 0.669. The molecule has 2 fully saturated rings. The molecule has 1 atom stereocenters. The van der Waals surface area contributed by atoms with Gasteiger partial charge in [-0.1, -0.05) is 0 Å². The summed E-state index contributed by atoms with van der Waals surface area (Å²) in [7, 11) is 0. The van der Waals surface area contributed by atoms with Gasteiger partial charge in [0, 0.05) is 49.7 Å². The van der Waals surface area contributed by atoms with Crippen molar-refractivity contribution in [3.63, 3.8) is 0 Å². The van der Waals surface area contributed by atoms with Crippen molar-refractivity contribution in [2.75, 3.05) is 56.4 Å². The van der Waals surface area contributed by atoms with E-state index in [4.69, 9.17) is 19.4 Å². The van der Waals surface area contributed by atoms with Crippen molar-refractivity contribution in [3.05, 3.63) is 23.8 Å². The van der Waals surface area contributed by atoms with Crippen molar-refractivity contribution in [1.82, 2.24) is 0 Å². The van der Waals surface area contributed by atoms with Crippen LogP contribution in [0.3, 0.4) is 0 Å². The molecule has 4 rings (SSSR count). The first-order chi connectivity index (χ1) is 15.2. The highest BCUT2D eigenvalue weighted by atomic mass is 19.4. The Morgan fingerprint density at radius 2 is 1.88 bits per heavy atom. The molecule has 0 radical (unpaired) electrons. The molecular formula is C21H26F4N2O5. The molecule has 2 N–H and O–H groups in total. The lowest BCUT2D eigenvalue weighted by molar-refractivity contribution is -0.192. The van der Waals surface area contributed by atoms with Crippen molar-refractivity contribution in [1.29, 1.82) is 0 Å². The number of carboxylic acid groups (broad SMARTS) is 1. The van der Waals surface area contributed by atoms with Crippen molar-refractivity contribution in [3.8, 4) is 0 Å². The first kappa shape index (κ1) is 24.2. The summed E-state index contributed by atoms with van der Waals surface area (Å²) in [5, 5.41) is 10.2. The van der Waals surface area contributed by atoms with Gasteiger partial charge in [0.05, 0.1) is 12.5 Å². The molecule has 1 spiro atoms. The average molecular weight is 462 g/mol. The number of nitrogens with zero attached hydrogens (tertiary/aromatic N) is 1. The number of amides is 1. The molecule has 1 amide bonds. The Morgan fingerprint density at radius 1 is 1.19 bits per heavy atom. The number of hydrogen-bond acceptors (Lipinski definition) is 5. The van der Waals surface area contributed by atoms with Crippen LogP contribution < -0.4 is 10.2 Å². The van der Waals surface area contributed by atoms with Crippen LogP contribution in [0.15, 0.2) is 18.2 Å². The molecule has 7 nitrogen and oxygen atoms in total. The van der Waals surface area contributed by atoms with Gasteiger partial charge < -0.3 is 24.8 Å². The van der Waals surface area contributed by atoms with Crippen LogP contribution in [0.25, 0.3) is 0 Å². The Morgan fingerprint density at radius 3 is 2.44 bits per heavy atom. The predicted molar refractivity (Wildman–Crippen MR) is 108 cm³/mol. The molecule has 11 heteroatoms. The number of anilines is 2. The van der Waals surface area contributed by atoms with E-state index in [0.29, 0.717) is 19.8 Å². The molecular weight excluding hydrogens is 436 g/mol. The second-order valence-electron chi connectivity index (χ2n) is 8.09. The topological polar surface area (TPSA) is 88.1 Å². The normalized spacial score (nSPS) is 21.6. The Balaban J connectivity index is 0.000000360. The van der Waals surface area contributed by atoms with E-state index >= 15 is 0 Å². The Labute approximate surface area is 182 Å². The highest BCUT2D eigenvalue weighted by Gasteiger charge is 2.43. The molecule has 0 bridgehead atoms. The van der Waals surface area contributed by atoms with Crippen LogP contribution in [0.5, 0.6) is 0 Å². The van der Waals surface area contributed by atoms with Crippen LogP contribution in [0.1, 0.15) is 24.8 Å². The third-order valence-corrected chi connectivity index (χ3v) is 6.02. The molecule has 3 heterocycles. The number of nitrogens with one attached hydrogen (secondary N) is 1. The standard InChI is InChI=1S/C19H25FN2O3.C2HF3O2/c20-6-7-22-13-19(4-9-24-10-5-19)16-11-15(1-2-17(16)22)21-18(23)14-3-8-25-12-14;3-2(4,5)1(6)7/h1-2,11,14H,3-10,12-13H2,(H,21,23);(H,6,7). The summed E-state index contributed by atoms with van der Waals surface area (Å²) in [6, 6.07) is 6.04. The minimum Gasteiger partial charge on any atom is -0.475 e. The fourth-order valence-corrected chi connectivity index (χ4v) is 4.33. The zero-order valence-electron chi connectivity index (χ0n) is 17.4. The van der Waals surface area contributed by atoms with E-state index in [2.05, 4.69) is 16.3 Å². The molecule has 0 saturated carbocycles. The van der Waals surface area contributed by atoms with Gasteiger partial charge in [-0.2, -0.15) is 13.2 Å². The molecule has 2 saturated heterocycles. The number of carbonyl (C=O) groups is 2. The van der Waals surface area contributed by atoms with Crippen molar-refractivity contribution < 1.29 is 41.7 Å². The molecule has 1 unspecified atom stereocenters. The summed E-state index contributed by atoms with van der Waals surface area (Å²) in [5.41, 5.74) is 3.16. The number of rotatable bonds is 4. The average Bonchev–Trinajstić information content (AvgIpc) is 3.37. The van der Waals surface area contributed by atoms with Crippen molar-refractivity contribution in [2.24, 2.45) is 5.92 Å². The maximum absolute atomic E-state index is 13.0. The predicted octanol–water partition coefficient (Wildman–Crippen LogP) is 3.13. The number of fused-ring (bicyclic) bond motifs is 2. The Kier molecular flexibility index (Phi) is 7.60. The summed E-state index contributed by atoms with van der Waals surface area (Å²) in [5.74, 6) is -2.79. The van der Waals surface area contributed by atoms with E-state index in [-0.39, 0.29) is 23.9 Å². The van der Waals surface area contributed by atoms with Crippen LogP contribution >= 0.6 is 0 Å². The number of alkyl halides is 4. The van der Waals surface area contributed by atoms with E-state index in [1.807, 2.05) is 12.1 Å². The molecule has 0 aromatic heterocycles. The lowest BCUT2D eigenvalue weighted by Gasteiger charge is -2.34. The van der Waals surface area contributed by atoms with E-state index in [1.165, 1.54) is 5.56 Å². The SMILES string of the molecule is O=C(Nc1ccc2c(c1)C1(CCOCC1)CN2CCF)C1CCOC1.O=C(O)C(F)(F)F. The number of carbonyl (C=O) groups excluding carboxylic acids is 1. The van der Waals surface area contributed by atoms with Gasteiger partial charge >= 0.3 is 12.1 Å². The second-order valence-corrected chi connectivity index (χ2v) is 8.09. The van der Waals surface area contributed by atoms with Crippen molar-refractivity contribution >= 4 is 23.3 Å². The second kappa shape index (κ2) is 10.0. The molecule has 1 aromatic carbocycles. The monoisotopic (exact) mass is 462 g/mol. The molecule has 32 heavy (non-hydrogen) atoms. The maximum atomic E-state index is 13.0. The van der Waals surface area contributed by atoms with Gasteiger partial charge in [0.25, 0.3) is 0 Å². The van der Waals surface area contributed by atoms with E-state index in [0.717, 1.165) is 50.4 Å². The van der Waals surface area contributed by atoms with Crippen LogP contribution in [0, 0.1) is 5.92 Å². The van der Waals surface area contributed by atoms with Gasteiger partial charge in [-0.05, 0) is 43.0 Å². The van der Waals surface area contributed by atoms with E-state index in [9.17, 15) is 22.4 Å². The number of halogens is 4. The van der Waals surface area contributed by atoms with Crippen LogP contribution in [-0.2, 0) is 24.5 Å². The first-order valence-corrected chi connectivity index (χ1v) is 10.4. The lowest BCUT2D eigenvalue weighted by Crippen LogP contribution is -2.39. The molecule has 178 valence electrons. The number of ether oxygens (including phenoxy) is 2. The number of aliphatic carboxylic acids is 1. The van der Waals surface area contributed by atoms with Crippen LogP contribution in [0.4, 0.5) is 28.9 Å². The fourth-order valence-electron chi connectivity index (χ4n) is 4.33. The lowest BCUT2D eigenvalue weighted by atomic mass is 9.76. The van der Waals surface area contributed by atoms with Gasteiger partial charge in [-0.25, -0.2) is 9.18 Å². The van der Waals surface area contributed by atoms with Gasteiger partial charge in [-0.3, -0.25) is 4.79 Å². The summed E-state index contributed by atoms with van der Waals surface area (Å²) < 4.78 is 55.6. The molecule has 3 aliphatic rings. The zero-order valence-corrected chi connectivity index (χ0v) is 17.4. The molecule has 3 aliphatic heterocycles. The number of benzene rings is 1. The Hall–Kier alpha value is -2.40. The first-order valence-electron chi connectivity index (χ1n) is 10.4. The molecule has 0 aliphatic carbocycles. The number of carboxylic acids is 1. The third-order valence-electron chi connectivity index (χ3n) is 6.02. The van der Waals surface area contributed by atoms with Crippen LogP contribution in [-0.4, -0.2) is 69.4 Å². The van der Waals surface area contributed by atoms with Gasteiger partial charge in [-0.15, -0.1) is 0 Å². The van der Waals surface area contributed by atoms with Crippen LogP contribution in [0.2, 0.25) is 0 Å². The summed E-state index contributed by atoms with van der Waals surface area (Å²) in [4.78, 5) is 23.4. The van der Waals surface area contributed by atoms with Crippen molar-refractivity contribution in [2.45, 2.75) is 30.9 Å². The summed E-state index contributed by atoms with van der Waals surface area (Å²) in [6.07, 6.45) is -2.42. The highest BCUT2D eigenvalue weighted by molar-refractivity contribution is 5.93. The summed E-state index contributed by atoms with van der Waals surface area (Å²) in [6.45, 7) is 3.53. The maximum Gasteiger partial charge on any atom is 0.490 e. The minimum absolute atomic E-state index is 0.0138. The smallest absolute Gasteiger partial charge is 0.475 e. The minimum atomic E-state index is -5.08. The van der Waals surface area contributed by atoms with E-state index < -0.39 is 12.1 Å². The van der Waals surface area contributed by atoms with E-state index in [1.54, 1.807) is 0 Å². The largest absolute Gasteiger partial charge is 0.490 e. The number of hydrogen-bond donors (Lipinski definition) is 2. The Bertz CT molecular complexity index is 821. The highest BCUT2D eigenvalue weighted by Crippen LogP contribution is 2.47. The summed E-state index contributed by atoms with van der Waals surface area (Å²) >= 11 is 0.